The van der Waals surface area contributed by atoms with Gasteiger partial charge in [-0.3, -0.25) is 0 Å². The standard InChI is InChI=1S/C22H16N4O/c1-2-4-19-14(3-1)12-20(27-19)22-25-17-6-5-13(11-18(17)26-22)15-7-9-23-21-16(15)8-10-24-21/h1-11,20H,12H2,(H,23,24)(H,25,26)/t20-/m0/s1. The number of benzene rings is 2. The van der Waals surface area contributed by atoms with Gasteiger partial charge in [-0.1, -0.05) is 24.3 Å². The van der Waals surface area contributed by atoms with E-state index < -0.39 is 0 Å². The van der Waals surface area contributed by atoms with E-state index in [1.807, 2.05) is 36.7 Å². The van der Waals surface area contributed by atoms with Gasteiger partial charge in [0.25, 0.3) is 0 Å². The molecule has 0 spiro atoms. The van der Waals surface area contributed by atoms with Crippen LogP contribution in [0.4, 0.5) is 0 Å². The largest absolute Gasteiger partial charge is 0.482 e. The minimum Gasteiger partial charge on any atom is -0.482 e. The van der Waals surface area contributed by atoms with Gasteiger partial charge in [-0.25, -0.2) is 9.97 Å². The Kier molecular flexibility index (Phi) is 2.94. The average Bonchev–Trinajstić information content (AvgIpc) is 3.43. The van der Waals surface area contributed by atoms with E-state index in [4.69, 9.17) is 9.72 Å². The molecule has 0 fully saturated rings. The summed E-state index contributed by atoms with van der Waals surface area (Å²) in [5, 5.41) is 1.12. The van der Waals surface area contributed by atoms with Crippen molar-refractivity contribution in [3.05, 3.63) is 78.4 Å². The number of imidazole rings is 1. The number of H-pyrrole nitrogens is 2. The normalized spacial score (nSPS) is 15.9. The third-order valence-electron chi connectivity index (χ3n) is 5.22. The lowest BCUT2D eigenvalue weighted by molar-refractivity contribution is 0.229. The summed E-state index contributed by atoms with van der Waals surface area (Å²) in [7, 11) is 0. The molecule has 0 radical (unpaired) electrons. The minimum absolute atomic E-state index is 0.0597. The van der Waals surface area contributed by atoms with E-state index in [1.54, 1.807) is 0 Å². The first kappa shape index (κ1) is 14.6. The van der Waals surface area contributed by atoms with Gasteiger partial charge in [-0.2, -0.15) is 0 Å². The zero-order valence-corrected chi connectivity index (χ0v) is 14.4. The third kappa shape index (κ3) is 2.25. The lowest BCUT2D eigenvalue weighted by atomic mass is 10.0. The highest BCUT2D eigenvalue weighted by Crippen LogP contribution is 2.36. The van der Waals surface area contributed by atoms with Crippen LogP contribution in [-0.4, -0.2) is 19.9 Å². The summed E-state index contributed by atoms with van der Waals surface area (Å²) in [5.74, 6) is 1.83. The van der Waals surface area contributed by atoms with Crippen molar-refractivity contribution in [2.45, 2.75) is 12.5 Å². The summed E-state index contributed by atoms with van der Waals surface area (Å²) in [4.78, 5) is 15.8. The molecule has 6 rings (SSSR count). The number of para-hydroxylation sites is 1. The predicted molar refractivity (Wildman–Crippen MR) is 105 cm³/mol. The van der Waals surface area contributed by atoms with Crippen LogP contribution in [0.2, 0.25) is 0 Å². The van der Waals surface area contributed by atoms with E-state index in [-0.39, 0.29) is 6.10 Å². The van der Waals surface area contributed by atoms with Crippen molar-refractivity contribution in [1.29, 1.82) is 0 Å². The van der Waals surface area contributed by atoms with Crippen LogP contribution < -0.4 is 4.74 Å². The van der Waals surface area contributed by atoms with Crippen molar-refractivity contribution in [2.75, 3.05) is 0 Å². The van der Waals surface area contributed by atoms with Crippen LogP contribution >= 0.6 is 0 Å². The fourth-order valence-electron chi connectivity index (χ4n) is 3.90. The van der Waals surface area contributed by atoms with Crippen LogP contribution in [-0.2, 0) is 6.42 Å². The smallest absolute Gasteiger partial charge is 0.160 e. The molecular formula is C22H16N4O. The van der Waals surface area contributed by atoms with E-state index in [1.165, 1.54) is 5.56 Å². The molecule has 0 unspecified atom stereocenters. The number of rotatable bonds is 2. The Hall–Kier alpha value is -3.60. The summed E-state index contributed by atoms with van der Waals surface area (Å²) in [6.45, 7) is 0. The molecular weight excluding hydrogens is 336 g/mol. The summed E-state index contributed by atoms with van der Waals surface area (Å²) in [5.41, 5.74) is 6.39. The van der Waals surface area contributed by atoms with Crippen molar-refractivity contribution in [3.63, 3.8) is 0 Å². The molecule has 4 heterocycles. The van der Waals surface area contributed by atoms with Crippen molar-refractivity contribution in [3.8, 4) is 16.9 Å². The average molecular weight is 352 g/mol. The first-order valence-corrected chi connectivity index (χ1v) is 9.02. The number of hydrogen-bond donors (Lipinski definition) is 2. The number of ether oxygens (including phenoxy) is 1. The fraction of sp³-hybridized carbons (Fsp3) is 0.0909. The van der Waals surface area contributed by atoms with Gasteiger partial charge in [-0.15, -0.1) is 0 Å². The highest BCUT2D eigenvalue weighted by atomic mass is 16.5. The van der Waals surface area contributed by atoms with Gasteiger partial charge in [0.15, 0.2) is 6.10 Å². The quantitative estimate of drug-likeness (QED) is 0.480. The molecule has 27 heavy (non-hydrogen) atoms. The molecule has 0 saturated carbocycles. The maximum absolute atomic E-state index is 6.08. The van der Waals surface area contributed by atoms with Crippen LogP contribution in [0.1, 0.15) is 17.5 Å². The molecule has 130 valence electrons. The Morgan fingerprint density at radius 1 is 1.04 bits per heavy atom. The number of fused-ring (bicyclic) bond motifs is 3. The molecule has 5 nitrogen and oxygen atoms in total. The highest BCUT2D eigenvalue weighted by Gasteiger charge is 2.26. The number of hydrogen-bond acceptors (Lipinski definition) is 3. The molecule has 0 amide bonds. The zero-order chi connectivity index (χ0) is 17.8. The highest BCUT2D eigenvalue weighted by molar-refractivity contribution is 5.95. The molecule has 0 aliphatic carbocycles. The van der Waals surface area contributed by atoms with Gasteiger partial charge < -0.3 is 14.7 Å². The Labute approximate surface area is 155 Å². The first-order chi connectivity index (χ1) is 13.3. The third-order valence-corrected chi connectivity index (χ3v) is 5.22. The number of nitrogens with zero attached hydrogens (tertiary/aromatic N) is 2. The Morgan fingerprint density at radius 3 is 2.96 bits per heavy atom. The van der Waals surface area contributed by atoms with E-state index in [0.717, 1.165) is 51.2 Å². The number of nitrogens with one attached hydrogen (secondary N) is 2. The van der Waals surface area contributed by atoms with E-state index in [9.17, 15) is 0 Å². The fourth-order valence-corrected chi connectivity index (χ4v) is 3.90. The van der Waals surface area contributed by atoms with Crippen LogP contribution in [0.3, 0.4) is 0 Å². The summed E-state index contributed by atoms with van der Waals surface area (Å²) >= 11 is 0. The summed E-state index contributed by atoms with van der Waals surface area (Å²) < 4.78 is 6.08. The van der Waals surface area contributed by atoms with E-state index in [2.05, 4.69) is 45.3 Å². The molecule has 0 saturated heterocycles. The van der Waals surface area contributed by atoms with E-state index >= 15 is 0 Å². The van der Waals surface area contributed by atoms with Gasteiger partial charge >= 0.3 is 0 Å². The minimum atomic E-state index is -0.0597. The predicted octanol–water partition coefficient (Wildman–Crippen LogP) is 4.78. The second kappa shape index (κ2) is 5.45. The van der Waals surface area contributed by atoms with Crippen molar-refractivity contribution < 1.29 is 4.74 Å². The molecule has 1 aliphatic heterocycles. The van der Waals surface area contributed by atoms with Crippen LogP contribution in [0.5, 0.6) is 5.75 Å². The molecule has 5 heteroatoms. The van der Waals surface area contributed by atoms with Crippen molar-refractivity contribution >= 4 is 22.1 Å². The van der Waals surface area contributed by atoms with Crippen molar-refractivity contribution in [1.82, 2.24) is 19.9 Å². The first-order valence-electron chi connectivity index (χ1n) is 9.02. The Balaban J connectivity index is 1.41. The molecule has 1 aliphatic rings. The Morgan fingerprint density at radius 2 is 2.00 bits per heavy atom. The molecule has 5 aromatic rings. The maximum Gasteiger partial charge on any atom is 0.160 e. The van der Waals surface area contributed by atoms with Crippen LogP contribution in [0.25, 0.3) is 33.2 Å². The molecule has 2 N–H and O–H groups in total. The van der Waals surface area contributed by atoms with Gasteiger partial charge in [-0.05, 0) is 47.0 Å². The summed E-state index contributed by atoms with van der Waals surface area (Å²) in [6.07, 6.45) is 4.54. The number of aromatic amines is 2. The topological polar surface area (TPSA) is 66.6 Å². The molecule has 3 aromatic heterocycles. The van der Waals surface area contributed by atoms with Crippen LogP contribution in [0, 0.1) is 0 Å². The number of aromatic nitrogens is 4. The SMILES string of the molecule is c1ccc2c(c1)C[C@@H](c1nc3ccc(-c4ccnc5[nH]ccc45)cc3[nH]1)O2. The lowest BCUT2D eigenvalue weighted by Crippen LogP contribution is -2.05. The van der Waals surface area contributed by atoms with Gasteiger partial charge in [0.2, 0.25) is 0 Å². The van der Waals surface area contributed by atoms with Gasteiger partial charge in [0.1, 0.15) is 17.2 Å². The van der Waals surface area contributed by atoms with Crippen molar-refractivity contribution in [2.24, 2.45) is 0 Å². The maximum atomic E-state index is 6.08. The van der Waals surface area contributed by atoms with E-state index in [0.29, 0.717) is 0 Å². The van der Waals surface area contributed by atoms with Gasteiger partial charge in [0, 0.05) is 24.2 Å². The summed E-state index contributed by atoms with van der Waals surface area (Å²) in [6, 6.07) is 18.6. The van der Waals surface area contributed by atoms with Gasteiger partial charge in [0.05, 0.1) is 11.0 Å². The zero-order valence-electron chi connectivity index (χ0n) is 14.4. The second-order valence-electron chi connectivity index (χ2n) is 6.87. The molecule has 0 bridgehead atoms. The molecule has 2 aromatic carbocycles. The van der Waals surface area contributed by atoms with Crippen LogP contribution in [0.15, 0.2) is 67.0 Å². The number of pyridine rings is 1. The monoisotopic (exact) mass is 352 g/mol. The second-order valence-corrected chi connectivity index (χ2v) is 6.87. The Bertz CT molecular complexity index is 1280. The lowest BCUT2D eigenvalue weighted by Gasteiger charge is -2.06. The molecule has 1 atom stereocenters.